The lowest BCUT2D eigenvalue weighted by molar-refractivity contribution is 0.208. The van der Waals surface area contributed by atoms with Gasteiger partial charge in [0.1, 0.15) is 0 Å². The highest BCUT2D eigenvalue weighted by Gasteiger charge is 2.04. The van der Waals surface area contributed by atoms with Crippen molar-refractivity contribution in [1.29, 1.82) is 0 Å². The van der Waals surface area contributed by atoms with Crippen LogP contribution in [0.1, 0.15) is 6.92 Å². The highest BCUT2D eigenvalue weighted by atomic mass is 16.5. The van der Waals surface area contributed by atoms with Gasteiger partial charge in [-0.15, -0.1) is 0 Å². The molecule has 13 heavy (non-hydrogen) atoms. The Hall–Kier alpha value is -1.23. The molecule has 1 rings (SSSR count). The van der Waals surface area contributed by atoms with Crippen molar-refractivity contribution in [2.75, 3.05) is 19.0 Å². The minimum absolute atomic E-state index is 0.381. The zero-order valence-electron chi connectivity index (χ0n) is 8.11. The molecule has 2 N–H and O–H groups in total. The van der Waals surface area contributed by atoms with Gasteiger partial charge < -0.3 is 15.2 Å². The van der Waals surface area contributed by atoms with Crippen molar-refractivity contribution in [1.82, 2.24) is 9.78 Å². The molecule has 0 aliphatic carbocycles. The van der Waals surface area contributed by atoms with Crippen LogP contribution >= 0.6 is 0 Å². The van der Waals surface area contributed by atoms with Crippen LogP contribution in [-0.2, 0) is 7.05 Å². The van der Waals surface area contributed by atoms with Gasteiger partial charge in [0.2, 0.25) is 5.88 Å². The Bertz CT molecular complexity index is 270. The summed E-state index contributed by atoms with van der Waals surface area (Å²) in [4.78, 5) is 0. The third kappa shape index (κ3) is 2.62. The Kier molecular flexibility index (Phi) is 3.13. The molecular weight excluding hydrogens is 170 g/mol. The number of rotatable bonds is 4. The van der Waals surface area contributed by atoms with E-state index in [1.54, 1.807) is 31.8 Å². The molecule has 1 aromatic rings. The first-order valence-corrected chi connectivity index (χ1v) is 4.13. The van der Waals surface area contributed by atoms with Crippen LogP contribution in [0.2, 0.25) is 0 Å². The predicted molar refractivity (Wildman–Crippen MR) is 49.9 cm³/mol. The molecule has 0 aliphatic rings. The van der Waals surface area contributed by atoms with E-state index in [2.05, 4.69) is 10.4 Å². The SMILES string of the molecule is COc1cc(NC[C@H](C)O)nn1C. The van der Waals surface area contributed by atoms with E-state index in [4.69, 9.17) is 9.84 Å². The Morgan fingerprint density at radius 2 is 2.46 bits per heavy atom. The Balaban J connectivity index is 2.57. The summed E-state index contributed by atoms with van der Waals surface area (Å²) in [5.74, 6) is 1.40. The van der Waals surface area contributed by atoms with Gasteiger partial charge in [0.05, 0.1) is 13.2 Å². The summed E-state index contributed by atoms with van der Waals surface area (Å²) in [7, 11) is 3.39. The van der Waals surface area contributed by atoms with E-state index in [0.717, 1.165) is 0 Å². The number of hydrogen-bond donors (Lipinski definition) is 2. The molecule has 5 heteroatoms. The standard InChI is InChI=1S/C8H15N3O2/c1-6(12)5-9-7-4-8(13-3)11(2)10-7/h4,6,12H,5H2,1-3H3,(H,9,10)/t6-/m0/s1. The normalized spacial score (nSPS) is 12.6. The molecule has 0 spiro atoms. The summed E-state index contributed by atoms with van der Waals surface area (Å²) >= 11 is 0. The molecule has 0 unspecified atom stereocenters. The Morgan fingerprint density at radius 1 is 1.77 bits per heavy atom. The van der Waals surface area contributed by atoms with E-state index >= 15 is 0 Å². The lowest BCUT2D eigenvalue weighted by atomic mass is 10.4. The Labute approximate surface area is 77.3 Å². The van der Waals surface area contributed by atoms with Gasteiger partial charge in [-0.25, -0.2) is 4.68 Å². The molecule has 0 saturated heterocycles. The van der Waals surface area contributed by atoms with Crippen molar-refractivity contribution in [3.63, 3.8) is 0 Å². The summed E-state index contributed by atoms with van der Waals surface area (Å²) in [6.45, 7) is 2.20. The number of aliphatic hydroxyl groups excluding tert-OH is 1. The van der Waals surface area contributed by atoms with Gasteiger partial charge in [-0.05, 0) is 6.92 Å². The number of ether oxygens (including phenoxy) is 1. The van der Waals surface area contributed by atoms with Crippen LogP contribution in [0.5, 0.6) is 5.88 Å². The van der Waals surface area contributed by atoms with Crippen LogP contribution in [0.3, 0.4) is 0 Å². The van der Waals surface area contributed by atoms with Gasteiger partial charge in [0.25, 0.3) is 0 Å². The predicted octanol–water partition coefficient (Wildman–Crippen LogP) is 0.221. The van der Waals surface area contributed by atoms with Gasteiger partial charge in [-0.2, -0.15) is 5.10 Å². The van der Waals surface area contributed by atoms with Gasteiger partial charge in [0.15, 0.2) is 5.82 Å². The van der Waals surface area contributed by atoms with Crippen LogP contribution in [0.4, 0.5) is 5.82 Å². The smallest absolute Gasteiger partial charge is 0.213 e. The van der Waals surface area contributed by atoms with Crippen molar-refractivity contribution in [3.05, 3.63) is 6.07 Å². The Morgan fingerprint density at radius 3 is 2.92 bits per heavy atom. The molecule has 0 aliphatic heterocycles. The first kappa shape index (κ1) is 9.85. The van der Waals surface area contributed by atoms with Crippen molar-refractivity contribution >= 4 is 5.82 Å². The fourth-order valence-corrected chi connectivity index (χ4v) is 0.980. The summed E-state index contributed by atoms with van der Waals surface area (Å²) in [6, 6.07) is 1.78. The summed E-state index contributed by atoms with van der Waals surface area (Å²) < 4.78 is 6.66. The summed E-state index contributed by atoms with van der Waals surface area (Å²) in [5, 5.41) is 16.1. The van der Waals surface area contributed by atoms with E-state index < -0.39 is 0 Å². The number of methoxy groups -OCH3 is 1. The van der Waals surface area contributed by atoms with Crippen molar-refractivity contribution < 1.29 is 9.84 Å². The minimum Gasteiger partial charge on any atom is -0.481 e. The highest BCUT2D eigenvalue weighted by molar-refractivity contribution is 5.38. The molecule has 0 saturated carbocycles. The maximum atomic E-state index is 9.02. The van der Waals surface area contributed by atoms with Crippen molar-refractivity contribution in [2.24, 2.45) is 7.05 Å². The van der Waals surface area contributed by atoms with E-state index in [0.29, 0.717) is 18.2 Å². The molecule has 1 heterocycles. The van der Waals surface area contributed by atoms with E-state index in [1.165, 1.54) is 0 Å². The monoisotopic (exact) mass is 185 g/mol. The fraction of sp³-hybridized carbons (Fsp3) is 0.625. The minimum atomic E-state index is -0.381. The highest BCUT2D eigenvalue weighted by Crippen LogP contribution is 2.14. The van der Waals surface area contributed by atoms with Gasteiger partial charge in [0, 0.05) is 19.7 Å². The molecule has 74 valence electrons. The molecule has 0 fully saturated rings. The van der Waals surface area contributed by atoms with Crippen LogP contribution in [0.25, 0.3) is 0 Å². The van der Waals surface area contributed by atoms with E-state index in [-0.39, 0.29) is 6.10 Å². The lowest BCUT2D eigenvalue weighted by Crippen LogP contribution is -2.15. The third-order valence-electron chi connectivity index (χ3n) is 1.62. The molecule has 1 aromatic heterocycles. The second kappa shape index (κ2) is 4.13. The fourth-order valence-electron chi connectivity index (χ4n) is 0.980. The average Bonchev–Trinajstić information content (AvgIpc) is 2.43. The van der Waals surface area contributed by atoms with Crippen LogP contribution in [-0.4, -0.2) is 34.6 Å². The first-order valence-electron chi connectivity index (χ1n) is 4.13. The average molecular weight is 185 g/mol. The van der Waals surface area contributed by atoms with Gasteiger partial charge >= 0.3 is 0 Å². The molecule has 0 radical (unpaired) electrons. The van der Waals surface area contributed by atoms with Crippen LogP contribution in [0, 0.1) is 0 Å². The number of anilines is 1. The van der Waals surface area contributed by atoms with Crippen molar-refractivity contribution in [2.45, 2.75) is 13.0 Å². The molecule has 1 atom stereocenters. The van der Waals surface area contributed by atoms with Crippen molar-refractivity contribution in [3.8, 4) is 5.88 Å². The molecule has 5 nitrogen and oxygen atoms in total. The number of aliphatic hydroxyl groups is 1. The zero-order valence-corrected chi connectivity index (χ0v) is 8.11. The number of nitrogens with zero attached hydrogens (tertiary/aromatic N) is 2. The first-order chi connectivity index (χ1) is 6.13. The quantitative estimate of drug-likeness (QED) is 0.704. The van der Waals surface area contributed by atoms with Gasteiger partial charge in [-0.1, -0.05) is 0 Å². The number of aryl methyl sites for hydroxylation is 1. The largest absolute Gasteiger partial charge is 0.481 e. The van der Waals surface area contributed by atoms with Gasteiger partial charge in [-0.3, -0.25) is 0 Å². The zero-order chi connectivity index (χ0) is 9.84. The number of nitrogens with one attached hydrogen (secondary N) is 1. The third-order valence-corrected chi connectivity index (χ3v) is 1.62. The number of aromatic nitrogens is 2. The molecule has 0 amide bonds. The molecular formula is C8H15N3O2. The summed E-state index contributed by atoms with van der Waals surface area (Å²) in [5.41, 5.74) is 0. The lowest BCUT2D eigenvalue weighted by Gasteiger charge is -2.03. The van der Waals surface area contributed by atoms with E-state index in [1.807, 2.05) is 0 Å². The molecule has 0 bridgehead atoms. The van der Waals surface area contributed by atoms with Crippen LogP contribution in [0.15, 0.2) is 6.07 Å². The van der Waals surface area contributed by atoms with Crippen LogP contribution < -0.4 is 10.1 Å². The molecule has 0 aromatic carbocycles. The second-order valence-corrected chi connectivity index (χ2v) is 2.93. The van der Waals surface area contributed by atoms with E-state index in [9.17, 15) is 0 Å². The summed E-state index contributed by atoms with van der Waals surface area (Å²) in [6.07, 6.45) is -0.381. The maximum Gasteiger partial charge on any atom is 0.213 e. The maximum absolute atomic E-state index is 9.02. The number of hydrogen-bond acceptors (Lipinski definition) is 4. The second-order valence-electron chi connectivity index (χ2n) is 2.93. The topological polar surface area (TPSA) is 59.3 Å².